The SMILES string of the molecule is Cc1ccc(C2C(C#N)C(N)=NC3CCCCC32)cc1. The van der Waals surface area contributed by atoms with Gasteiger partial charge in [-0.2, -0.15) is 5.26 Å². The van der Waals surface area contributed by atoms with Gasteiger partial charge in [0.05, 0.1) is 12.1 Å². The van der Waals surface area contributed by atoms with Crippen molar-refractivity contribution in [1.82, 2.24) is 0 Å². The smallest absolute Gasteiger partial charge is 0.112 e. The molecule has 1 aromatic carbocycles. The molecule has 104 valence electrons. The summed E-state index contributed by atoms with van der Waals surface area (Å²) in [4.78, 5) is 4.62. The van der Waals surface area contributed by atoms with Crippen molar-refractivity contribution in [2.45, 2.75) is 44.6 Å². The minimum absolute atomic E-state index is 0.211. The second kappa shape index (κ2) is 5.28. The van der Waals surface area contributed by atoms with E-state index < -0.39 is 0 Å². The second-order valence-electron chi connectivity index (χ2n) is 6.11. The summed E-state index contributed by atoms with van der Waals surface area (Å²) >= 11 is 0. The van der Waals surface area contributed by atoms with Gasteiger partial charge in [0, 0.05) is 5.92 Å². The summed E-state index contributed by atoms with van der Waals surface area (Å²) in [6.07, 6.45) is 4.76. The van der Waals surface area contributed by atoms with Crippen LogP contribution in [0.5, 0.6) is 0 Å². The lowest BCUT2D eigenvalue weighted by Gasteiger charge is -2.41. The number of fused-ring (bicyclic) bond motifs is 1. The maximum Gasteiger partial charge on any atom is 0.112 e. The van der Waals surface area contributed by atoms with Gasteiger partial charge in [-0.25, -0.2) is 0 Å². The highest BCUT2D eigenvalue weighted by molar-refractivity contribution is 5.87. The molecule has 0 amide bonds. The van der Waals surface area contributed by atoms with Gasteiger partial charge in [-0.3, -0.25) is 4.99 Å². The fraction of sp³-hybridized carbons (Fsp3) is 0.529. The van der Waals surface area contributed by atoms with Crippen LogP contribution >= 0.6 is 0 Å². The molecule has 1 heterocycles. The third kappa shape index (κ3) is 2.20. The number of hydrogen-bond acceptors (Lipinski definition) is 3. The van der Waals surface area contributed by atoms with E-state index in [1.807, 2.05) is 0 Å². The molecule has 1 saturated carbocycles. The normalized spacial score (nSPS) is 32.9. The Morgan fingerprint density at radius 1 is 1.20 bits per heavy atom. The molecule has 3 rings (SSSR count). The summed E-state index contributed by atoms with van der Waals surface area (Å²) in [7, 11) is 0. The molecule has 4 unspecified atom stereocenters. The number of nitriles is 1. The zero-order valence-corrected chi connectivity index (χ0v) is 11.9. The summed E-state index contributed by atoms with van der Waals surface area (Å²) in [6.45, 7) is 2.09. The van der Waals surface area contributed by atoms with Crippen molar-refractivity contribution in [1.29, 1.82) is 5.26 Å². The molecule has 3 heteroatoms. The average molecular weight is 267 g/mol. The fourth-order valence-electron chi connectivity index (χ4n) is 3.80. The third-order valence-corrected chi connectivity index (χ3v) is 4.84. The predicted molar refractivity (Wildman–Crippen MR) is 80.4 cm³/mol. The summed E-state index contributed by atoms with van der Waals surface area (Å²) in [5, 5.41) is 9.53. The van der Waals surface area contributed by atoms with Crippen LogP contribution < -0.4 is 5.73 Å². The minimum Gasteiger partial charge on any atom is -0.386 e. The van der Waals surface area contributed by atoms with E-state index >= 15 is 0 Å². The predicted octanol–water partition coefficient (Wildman–Crippen LogP) is 3.15. The Balaban J connectivity index is 2.02. The molecule has 1 aliphatic carbocycles. The Labute approximate surface area is 120 Å². The van der Waals surface area contributed by atoms with Crippen LogP contribution in [0.1, 0.15) is 42.7 Å². The van der Waals surface area contributed by atoms with E-state index in [0.717, 1.165) is 12.8 Å². The van der Waals surface area contributed by atoms with E-state index in [0.29, 0.717) is 17.8 Å². The number of aryl methyl sites for hydroxylation is 1. The largest absolute Gasteiger partial charge is 0.386 e. The zero-order chi connectivity index (χ0) is 14.1. The first-order valence-electron chi connectivity index (χ1n) is 7.50. The molecule has 1 aliphatic heterocycles. The molecule has 0 aromatic heterocycles. The molecular formula is C17H21N3. The summed E-state index contributed by atoms with van der Waals surface area (Å²) < 4.78 is 0. The number of benzene rings is 1. The van der Waals surface area contributed by atoms with Gasteiger partial charge in [-0.1, -0.05) is 42.7 Å². The number of nitrogens with two attached hydrogens (primary N) is 1. The zero-order valence-electron chi connectivity index (χ0n) is 11.9. The van der Waals surface area contributed by atoms with Crippen LogP contribution in [0, 0.1) is 30.1 Å². The molecule has 1 fully saturated rings. The lowest BCUT2D eigenvalue weighted by atomic mass is 9.67. The van der Waals surface area contributed by atoms with Crippen molar-refractivity contribution in [3.8, 4) is 6.07 Å². The summed E-state index contributed by atoms with van der Waals surface area (Å²) in [5.74, 6) is 0.963. The Morgan fingerprint density at radius 2 is 1.90 bits per heavy atom. The number of hydrogen-bond donors (Lipinski definition) is 1. The summed E-state index contributed by atoms with van der Waals surface area (Å²) in [5.41, 5.74) is 8.58. The lowest BCUT2D eigenvalue weighted by molar-refractivity contribution is 0.237. The molecule has 0 radical (unpaired) electrons. The van der Waals surface area contributed by atoms with Crippen LogP contribution in [-0.4, -0.2) is 11.9 Å². The summed E-state index contributed by atoms with van der Waals surface area (Å²) in [6, 6.07) is 11.3. The molecule has 1 aromatic rings. The van der Waals surface area contributed by atoms with Crippen LogP contribution in [0.25, 0.3) is 0 Å². The first-order chi connectivity index (χ1) is 9.70. The van der Waals surface area contributed by atoms with Gasteiger partial charge >= 0.3 is 0 Å². The second-order valence-corrected chi connectivity index (χ2v) is 6.11. The van der Waals surface area contributed by atoms with E-state index in [1.165, 1.54) is 24.0 Å². The van der Waals surface area contributed by atoms with Crippen molar-refractivity contribution >= 4 is 5.84 Å². The van der Waals surface area contributed by atoms with Gasteiger partial charge in [-0.15, -0.1) is 0 Å². The molecule has 0 saturated heterocycles. The first-order valence-corrected chi connectivity index (χ1v) is 7.50. The Kier molecular flexibility index (Phi) is 3.48. The van der Waals surface area contributed by atoms with Crippen LogP contribution in [0.2, 0.25) is 0 Å². The molecular weight excluding hydrogens is 246 g/mol. The van der Waals surface area contributed by atoms with Gasteiger partial charge in [-0.05, 0) is 31.2 Å². The molecule has 20 heavy (non-hydrogen) atoms. The van der Waals surface area contributed by atoms with E-state index in [4.69, 9.17) is 5.73 Å². The molecule has 2 aliphatic rings. The van der Waals surface area contributed by atoms with E-state index in [2.05, 4.69) is 42.3 Å². The van der Waals surface area contributed by atoms with E-state index in [-0.39, 0.29) is 11.8 Å². The van der Waals surface area contributed by atoms with Crippen molar-refractivity contribution in [3.63, 3.8) is 0 Å². The van der Waals surface area contributed by atoms with Crippen LogP contribution in [0.15, 0.2) is 29.3 Å². The Morgan fingerprint density at radius 3 is 2.60 bits per heavy atom. The molecule has 3 nitrogen and oxygen atoms in total. The van der Waals surface area contributed by atoms with Crippen molar-refractivity contribution < 1.29 is 0 Å². The number of rotatable bonds is 1. The van der Waals surface area contributed by atoms with Crippen LogP contribution in [0.3, 0.4) is 0 Å². The third-order valence-electron chi connectivity index (χ3n) is 4.84. The molecule has 4 atom stereocenters. The van der Waals surface area contributed by atoms with Crippen molar-refractivity contribution in [2.24, 2.45) is 22.6 Å². The number of aliphatic imine (C=N–C) groups is 1. The van der Waals surface area contributed by atoms with Crippen LogP contribution in [-0.2, 0) is 0 Å². The topological polar surface area (TPSA) is 62.2 Å². The first kappa shape index (κ1) is 13.2. The standard InChI is InChI=1S/C17H21N3/c1-11-6-8-12(9-7-11)16-13-4-2-3-5-15(13)20-17(19)14(16)10-18/h6-9,13-16H,2-5H2,1H3,(H2,19,20). The van der Waals surface area contributed by atoms with Crippen LogP contribution in [0.4, 0.5) is 0 Å². The highest BCUT2D eigenvalue weighted by atomic mass is 14.9. The van der Waals surface area contributed by atoms with Gasteiger partial charge in [0.25, 0.3) is 0 Å². The van der Waals surface area contributed by atoms with E-state index in [9.17, 15) is 5.26 Å². The monoisotopic (exact) mass is 267 g/mol. The van der Waals surface area contributed by atoms with Crippen molar-refractivity contribution in [2.75, 3.05) is 0 Å². The number of amidine groups is 1. The van der Waals surface area contributed by atoms with Gasteiger partial charge in [0.15, 0.2) is 0 Å². The maximum absolute atomic E-state index is 9.53. The number of nitrogens with zero attached hydrogens (tertiary/aromatic N) is 2. The quantitative estimate of drug-likeness (QED) is 0.849. The molecule has 0 spiro atoms. The maximum atomic E-state index is 9.53. The minimum atomic E-state index is -0.267. The van der Waals surface area contributed by atoms with E-state index in [1.54, 1.807) is 0 Å². The Hall–Kier alpha value is -1.82. The van der Waals surface area contributed by atoms with Gasteiger partial charge < -0.3 is 5.73 Å². The molecule has 2 N–H and O–H groups in total. The van der Waals surface area contributed by atoms with Gasteiger partial charge in [0.2, 0.25) is 0 Å². The fourth-order valence-corrected chi connectivity index (χ4v) is 3.80. The van der Waals surface area contributed by atoms with Crippen molar-refractivity contribution in [3.05, 3.63) is 35.4 Å². The lowest BCUT2D eigenvalue weighted by Crippen LogP contribution is -2.43. The Bertz CT molecular complexity index is 553. The average Bonchev–Trinajstić information content (AvgIpc) is 2.47. The molecule has 0 bridgehead atoms. The van der Waals surface area contributed by atoms with Gasteiger partial charge in [0.1, 0.15) is 11.8 Å². The highest BCUT2D eigenvalue weighted by Gasteiger charge is 2.42. The highest BCUT2D eigenvalue weighted by Crippen LogP contribution is 2.44.